The number of carboxylic acid groups (broad SMARTS) is 1. The van der Waals surface area contributed by atoms with E-state index in [1.165, 1.54) is 0 Å². The third kappa shape index (κ3) is 3.17. The second-order valence-corrected chi connectivity index (χ2v) is 6.18. The quantitative estimate of drug-likeness (QED) is 0.778. The molecule has 4 atom stereocenters. The zero-order valence-corrected chi connectivity index (χ0v) is 11.7. The molecule has 1 N–H and O–H groups in total. The summed E-state index contributed by atoms with van der Waals surface area (Å²) in [5.41, 5.74) is 0. The molecule has 0 aromatic heterocycles. The zero-order valence-electron chi connectivity index (χ0n) is 11.7. The standard InChI is InChI=1S/C15H23NO3/c1-10-7-11(2)9-16(8-10)14(17)12-5-3-4-6-13(12)15(18)19/h3-4,10-13H,5-9H2,1-2H3,(H,18,19). The highest BCUT2D eigenvalue weighted by Gasteiger charge is 2.37. The van der Waals surface area contributed by atoms with E-state index in [1.54, 1.807) is 0 Å². The van der Waals surface area contributed by atoms with E-state index < -0.39 is 11.9 Å². The van der Waals surface area contributed by atoms with Gasteiger partial charge in [-0.3, -0.25) is 9.59 Å². The number of hydrogen-bond donors (Lipinski definition) is 1. The van der Waals surface area contributed by atoms with E-state index in [1.807, 2.05) is 17.1 Å². The Labute approximate surface area is 114 Å². The number of aliphatic carboxylic acids is 1. The van der Waals surface area contributed by atoms with Gasteiger partial charge in [0.2, 0.25) is 5.91 Å². The van der Waals surface area contributed by atoms with Crippen LogP contribution in [0.4, 0.5) is 0 Å². The van der Waals surface area contributed by atoms with E-state index in [0.717, 1.165) is 19.5 Å². The Morgan fingerprint density at radius 2 is 1.58 bits per heavy atom. The third-order valence-corrected chi connectivity index (χ3v) is 4.25. The van der Waals surface area contributed by atoms with Crippen LogP contribution in [-0.4, -0.2) is 35.0 Å². The molecule has 4 heteroatoms. The minimum absolute atomic E-state index is 0.0372. The normalized spacial score (nSPS) is 35.2. The topological polar surface area (TPSA) is 57.6 Å². The Morgan fingerprint density at radius 1 is 1.05 bits per heavy atom. The van der Waals surface area contributed by atoms with Crippen molar-refractivity contribution >= 4 is 11.9 Å². The number of carboxylic acids is 1. The number of carbonyl (C=O) groups excluding carboxylic acids is 1. The number of likely N-dealkylation sites (tertiary alicyclic amines) is 1. The van der Waals surface area contributed by atoms with Gasteiger partial charge in [0, 0.05) is 13.1 Å². The van der Waals surface area contributed by atoms with E-state index in [9.17, 15) is 14.7 Å². The number of nitrogens with zero attached hydrogens (tertiary/aromatic N) is 1. The van der Waals surface area contributed by atoms with Crippen molar-refractivity contribution in [3.63, 3.8) is 0 Å². The fourth-order valence-electron chi connectivity index (χ4n) is 3.44. The van der Waals surface area contributed by atoms with Crippen molar-refractivity contribution in [1.82, 2.24) is 4.90 Å². The van der Waals surface area contributed by atoms with Gasteiger partial charge in [0.25, 0.3) is 0 Å². The van der Waals surface area contributed by atoms with Gasteiger partial charge < -0.3 is 10.0 Å². The van der Waals surface area contributed by atoms with E-state index >= 15 is 0 Å². The van der Waals surface area contributed by atoms with Crippen molar-refractivity contribution in [2.45, 2.75) is 33.1 Å². The van der Waals surface area contributed by atoms with Crippen LogP contribution in [0.3, 0.4) is 0 Å². The predicted octanol–water partition coefficient (Wildman–Crippen LogP) is 2.16. The average Bonchev–Trinajstić information content (AvgIpc) is 2.36. The van der Waals surface area contributed by atoms with Crippen molar-refractivity contribution in [2.24, 2.45) is 23.7 Å². The van der Waals surface area contributed by atoms with Crippen LogP contribution in [0.1, 0.15) is 33.1 Å². The summed E-state index contributed by atoms with van der Waals surface area (Å²) >= 11 is 0. The molecule has 0 bridgehead atoms. The Hall–Kier alpha value is -1.32. The maximum absolute atomic E-state index is 12.6. The highest BCUT2D eigenvalue weighted by Crippen LogP contribution is 2.30. The van der Waals surface area contributed by atoms with Crippen LogP contribution in [0.15, 0.2) is 12.2 Å². The first-order valence-electron chi connectivity index (χ1n) is 7.15. The highest BCUT2D eigenvalue weighted by atomic mass is 16.4. The first kappa shape index (κ1) is 14.1. The van der Waals surface area contributed by atoms with Gasteiger partial charge in [-0.25, -0.2) is 0 Å². The van der Waals surface area contributed by atoms with Crippen molar-refractivity contribution in [1.29, 1.82) is 0 Å². The summed E-state index contributed by atoms with van der Waals surface area (Å²) in [4.78, 5) is 25.8. The monoisotopic (exact) mass is 265 g/mol. The molecule has 19 heavy (non-hydrogen) atoms. The molecule has 0 saturated carbocycles. The Balaban J connectivity index is 2.09. The van der Waals surface area contributed by atoms with E-state index in [4.69, 9.17) is 0 Å². The number of rotatable bonds is 2. The molecule has 1 aliphatic carbocycles. The number of carbonyl (C=O) groups is 2. The lowest BCUT2D eigenvalue weighted by Crippen LogP contribution is -2.47. The van der Waals surface area contributed by atoms with Gasteiger partial charge >= 0.3 is 5.97 Å². The summed E-state index contributed by atoms with van der Waals surface area (Å²) in [6, 6.07) is 0. The summed E-state index contributed by atoms with van der Waals surface area (Å²) < 4.78 is 0. The summed E-state index contributed by atoms with van der Waals surface area (Å²) in [7, 11) is 0. The van der Waals surface area contributed by atoms with E-state index in [2.05, 4.69) is 13.8 Å². The largest absolute Gasteiger partial charge is 0.481 e. The summed E-state index contributed by atoms with van der Waals surface area (Å²) in [6.45, 7) is 5.86. The number of piperidine rings is 1. The molecule has 0 radical (unpaired) electrons. The molecule has 1 aliphatic heterocycles. The molecule has 106 valence electrons. The lowest BCUT2D eigenvalue weighted by molar-refractivity contribution is -0.151. The molecule has 2 aliphatic rings. The maximum Gasteiger partial charge on any atom is 0.307 e. The van der Waals surface area contributed by atoms with Gasteiger partial charge in [0.1, 0.15) is 0 Å². The Morgan fingerprint density at radius 3 is 2.11 bits per heavy atom. The van der Waals surface area contributed by atoms with Gasteiger partial charge in [-0.1, -0.05) is 26.0 Å². The number of hydrogen-bond acceptors (Lipinski definition) is 2. The van der Waals surface area contributed by atoms with Gasteiger partial charge in [-0.05, 0) is 31.1 Å². The summed E-state index contributed by atoms with van der Waals surface area (Å²) in [5, 5.41) is 9.26. The minimum atomic E-state index is -0.846. The molecule has 4 nitrogen and oxygen atoms in total. The second-order valence-electron chi connectivity index (χ2n) is 6.18. The molecule has 1 saturated heterocycles. The summed E-state index contributed by atoms with van der Waals surface area (Å²) in [5.74, 6) is -0.716. The van der Waals surface area contributed by atoms with Crippen LogP contribution < -0.4 is 0 Å². The molecule has 1 amide bonds. The molecule has 1 heterocycles. The lowest BCUT2D eigenvalue weighted by Gasteiger charge is -2.38. The molecule has 1 fully saturated rings. The van der Waals surface area contributed by atoms with Crippen LogP contribution >= 0.6 is 0 Å². The SMILES string of the molecule is CC1CC(C)CN(C(=O)C2CC=CCC2C(=O)O)C1. The van der Waals surface area contributed by atoms with Crippen LogP contribution in [0, 0.1) is 23.7 Å². The highest BCUT2D eigenvalue weighted by molar-refractivity contribution is 5.85. The fourth-order valence-corrected chi connectivity index (χ4v) is 3.44. The van der Waals surface area contributed by atoms with Crippen molar-refractivity contribution in [2.75, 3.05) is 13.1 Å². The molecule has 0 spiro atoms. The van der Waals surface area contributed by atoms with Crippen molar-refractivity contribution < 1.29 is 14.7 Å². The van der Waals surface area contributed by atoms with E-state index in [0.29, 0.717) is 24.7 Å². The second kappa shape index (κ2) is 5.76. The molecule has 0 aromatic rings. The van der Waals surface area contributed by atoms with Gasteiger partial charge in [0.15, 0.2) is 0 Å². The molecule has 2 rings (SSSR count). The fraction of sp³-hybridized carbons (Fsp3) is 0.733. The smallest absolute Gasteiger partial charge is 0.307 e. The maximum atomic E-state index is 12.6. The van der Waals surface area contributed by atoms with Gasteiger partial charge in [-0.15, -0.1) is 0 Å². The lowest BCUT2D eigenvalue weighted by atomic mass is 9.81. The molecule has 0 aromatic carbocycles. The van der Waals surface area contributed by atoms with Crippen molar-refractivity contribution in [3.05, 3.63) is 12.2 Å². The number of allylic oxidation sites excluding steroid dienone is 2. The summed E-state index contributed by atoms with van der Waals surface area (Å²) in [6.07, 6.45) is 6.01. The molecule has 4 unspecified atom stereocenters. The predicted molar refractivity (Wildman–Crippen MR) is 72.5 cm³/mol. The first-order valence-corrected chi connectivity index (χ1v) is 7.15. The third-order valence-electron chi connectivity index (χ3n) is 4.25. The zero-order chi connectivity index (χ0) is 14.0. The molecular formula is C15H23NO3. The van der Waals surface area contributed by atoms with E-state index in [-0.39, 0.29) is 11.8 Å². The average molecular weight is 265 g/mol. The number of amides is 1. The van der Waals surface area contributed by atoms with Gasteiger partial charge in [0.05, 0.1) is 11.8 Å². The van der Waals surface area contributed by atoms with Crippen molar-refractivity contribution in [3.8, 4) is 0 Å². The van der Waals surface area contributed by atoms with Crippen LogP contribution in [0.5, 0.6) is 0 Å². The molecular weight excluding hydrogens is 242 g/mol. The first-order chi connectivity index (χ1) is 8.99. The Kier molecular flexibility index (Phi) is 4.27. The Bertz CT molecular complexity index is 381. The minimum Gasteiger partial charge on any atom is -0.481 e. The van der Waals surface area contributed by atoms with Crippen LogP contribution in [-0.2, 0) is 9.59 Å². The van der Waals surface area contributed by atoms with Gasteiger partial charge in [-0.2, -0.15) is 0 Å². The van der Waals surface area contributed by atoms with Crippen LogP contribution in [0.2, 0.25) is 0 Å². The van der Waals surface area contributed by atoms with Crippen LogP contribution in [0.25, 0.3) is 0 Å².